The van der Waals surface area contributed by atoms with Gasteiger partial charge in [0.2, 0.25) is 0 Å². The molecule has 0 saturated heterocycles. The molecule has 1 rings (SSSR count). The second kappa shape index (κ2) is 14.4. The molecule has 0 heterocycles. The van der Waals surface area contributed by atoms with E-state index in [1.54, 1.807) is 6.21 Å². The normalized spacial score (nSPS) is 9.19. The molecule has 4 nitrogen and oxygen atoms in total. The van der Waals surface area contributed by atoms with Gasteiger partial charge in [0.05, 0.1) is 0 Å². The van der Waals surface area contributed by atoms with Gasteiger partial charge in [0.15, 0.2) is 0 Å². The molecule has 0 bridgehead atoms. The predicted octanol–water partition coefficient (Wildman–Crippen LogP) is -0.234. The fourth-order valence-electron chi connectivity index (χ4n) is 0.725. The average Bonchev–Trinajstić information content (AvgIpc) is 2.31. The second-order valence-electron chi connectivity index (χ2n) is 2.72. The van der Waals surface area contributed by atoms with Crippen LogP contribution in [-0.4, -0.2) is 32.4 Å². The minimum atomic E-state index is 0. The molecule has 1 aromatic carbocycles. The van der Waals surface area contributed by atoms with Gasteiger partial charge < -0.3 is 22.2 Å². The van der Waals surface area contributed by atoms with E-state index in [-0.39, 0.29) is 20.4 Å². The second-order valence-corrected chi connectivity index (χ2v) is 2.72. The zero-order valence-corrected chi connectivity index (χ0v) is 10.8. The molecule has 0 fully saturated rings. The molecule has 0 aromatic heterocycles. The summed E-state index contributed by atoms with van der Waals surface area (Å²) in [6.07, 6.45) is 1.78. The Morgan fingerprint density at radius 2 is 1.81 bits per heavy atom. The summed E-state index contributed by atoms with van der Waals surface area (Å²) in [7, 11) is 0. The molecular weight excluding hydrogens is 295 g/mol. The molecule has 0 spiro atoms. The molecule has 6 N–H and O–H groups in total. The van der Waals surface area contributed by atoms with Gasteiger partial charge in [-0.25, -0.2) is 0 Å². The third-order valence-electron chi connectivity index (χ3n) is 1.39. The Hall–Kier alpha value is -0.568. The van der Waals surface area contributed by atoms with Crippen LogP contribution in [0.15, 0.2) is 29.3 Å². The first-order valence-electron chi connectivity index (χ1n) is 4.92. The molecule has 0 radical (unpaired) electrons. The Labute approximate surface area is 111 Å². The van der Waals surface area contributed by atoms with Crippen LogP contribution >= 0.6 is 0 Å². The van der Waals surface area contributed by atoms with E-state index in [0.29, 0.717) is 26.2 Å². The van der Waals surface area contributed by atoms with Gasteiger partial charge in [-0.3, -0.25) is 0 Å². The number of nitrogens with two attached hydrogens (primary N) is 3. The van der Waals surface area contributed by atoms with Crippen LogP contribution < -0.4 is 17.2 Å². The van der Waals surface area contributed by atoms with Crippen molar-refractivity contribution in [1.82, 2.24) is 0 Å². The first-order chi connectivity index (χ1) is 7.35. The minimum absolute atomic E-state index is 0. The maximum Gasteiger partial charge on any atom is 0.0405 e. The Kier molecular flexibility index (Phi) is 16.1. The van der Waals surface area contributed by atoms with Crippen LogP contribution in [0, 0.1) is 6.07 Å². The molecule has 0 atom stereocenters. The summed E-state index contributed by atoms with van der Waals surface area (Å²) in [5.41, 5.74) is 16.1. The van der Waals surface area contributed by atoms with Gasteiger partial charge in [0.25, 0.3) is 0 Å². The van der Waals surface area contributed by atoms with Crippen LogP contribution in [0.5, 0.6) is 0 Å². The summed E-state index contributed by atoms with van der Waals surface area (Å²) < 4.78 is 0. The van der Waals surface area contributed by atoms with Crippen molar-refractivity contribution in [1.29, 1.82) is 0 Å². The number of hydrogen-bond donors (Lipinski definition) is 3. The summed E-state index contributed by atoms with van der Waals surface area (Å²) in [6, 6.07) is 10.7. The maximum absolute atomic E-state index is 5.27. The minimum Gasteiger partial charge on any atom is -0.339 e. The van der Waals surface area contributed by atoms with E-state index in [1.807, 2.05) is 24.3 Å². The van der Waals surface area contributed by atoms with Gasteiger partial charge in [-0.05, 0) is 0 Å². The summed E-state index contributed by atoms with van der Waals surface area (Å²) in [5, 5.41) is 0. The van der Waals surface area contributed by atoms with Crippen molar-refractivity contribution in [3.05, 3.63) is 35.9 Å². The van der Waals surface area contributed by atoms with E-state index < -0.39 is 0 Å². The number of nitrogens with zero attached hydrogens (tertiary/aromatic N) is 1. The molecule has 0 unspecified atom stereocenters. The molecule has 0 aliphatic heterocycles. The smallest absolute Gasteiger partial charge is 0.0405 e. The first-order valence-corrected chi connectivity index (χ1v) is 4.92. The molecule has 1 aromatic rings. The maximum atomic E-state index is 5.27. The Bertz CT molecular complexity index is 249. The molecule has 94 valence electrons. The van der Waals surface area contributed by atoms with Crippen molar-refractivity contribution in [3.8, 4) is 0 Å². The number of benzene rings is 1. The van der Waals surface area contributed by atoms with Crippen molar-refractivity contribution >= 4 is 6.21 Å². The van der Waals surface area contributed by atoms with E-state index >= 15 is 0 Å². The molecule has 0 amide bonds. The van der Waals surface area contributed by atoms with E-state index in [0.717, 1.165) is 5.56 Å². The Morgan fingerprint density at radius 3 is 2.25 bits per heavy atom. The topological polar surface area (TPSA) is 90.4 Å². The van der Waals surface area contributed by atoms with Crippen molar-refractivity contribution in [2.45, 2.75) is 0 Å². The van der Waals surface area contributed by atoms with Crippen LogP contribution in [0.1, 0.15) is 5.56 Å². The summed E-state index contributed by atoms with van der Waals surface area (Å²) in [4.78, 5) is 4.08. The summed E-state index contributed by atoms with van der Waals surface area (Å²) in [5.74, 6) is 0. The average molecular weight is 314 g/mol. The van der Waals surface area contributed by atoms with Crippen LogP contribution in [0.2, 0.25) is 0 Å². The molecule has 0 aliphatic carbocycles. The Balaban J connectivity index is 0. The van der Waals surface area contributed by atoms with Gasteiger partial charge in [0.1, 0.15) is 0 Å². The monoisotopic (exact) mass is 313 g/mol. The molecular formula is C11H19N4Pd-. The molecule has 0 saturated carbocycles. The van der Waals surface area contributed by atoms with Gasteiger partial charge >= 0.3 is 0 Å². The molecule has 5 heteroatoms. The number of hydrogen-bond acceptors (Lipinski definition) is 4. The third kappa shape index (κ3) is 11.5. The van der Waals surface area contributed by atoms with Crippen molar-refractivity contribution in [3.63, 3.8) is 0 Å². The van der Waals surface area contributed by atoms with Crippen molar-refractivity contribution in [2.24, 2.45) is 22.2 Å². The van der Waals surface area contributed by atoms with Gasteiger partial charge in [-0.1, -0.05) is 6.21 Å². The first kappa shape index (κ1) is 17.8. The largest absolute Gasteiger partial charge is 0.339 e. The fourth-order valence-corrected chi connectivity index (χ4v) is 0.725. The van der Waals surface area contributed by atoms with Gasteiger partial charge in [-0.15, -0.1) is 35.9 Å². The number of aliphatic imine (C=N–C) groups is 1. The van der Waals surface area contributed by atoms with E-state index in [2.05, 4.69) is 11.1 Å². The van der Waals surface area contributed by atoms with E-state index in [4.69, 9.17) is 17.2 Å². The summed E-state index contributed by atoms with van der Waals surface area (Å²) in [6.45, 7) is 2.48. The fraction of sp³-hybridized carbons (Fsp3) is 0.364. The molecule has 0 aliphatic rings. The Morgan fingerprint density at radius 1 is 1.12 bits per heavy atom. The van der Waals surface area contributed by atoms with Gasteiger partial charge in [0, 0.05) is 46.6 Å². The van der Waals surface area contributed by atoms with Crippen molar-refractivity contribution < 1.29 is 20.4 Å². The standard InChI is InChI=1S/C9H11N2.C2H8N2.Pd/c10-6-7-11-8-9-4-2-1-3-5-9;3-1-2-4;/h1-4,8H,6-7,10H2;1-4H2;/q-1;;. The van der Waals surface area contributed by atoms with Crippen LogP contribution in [0.3, 0.4) is 0 Å². The summed E-state index contributed by atoms with van der Waals surface area (Å²) >= 11 is 0. The number of rotatable bonds is 4. The van der Waals surface area contributed by atoms with Crippen LogP contribution in [0.25, 0.3) is 0 Å². The predicted molar refractivity (Wildman–Crippen MR) is 64.9 cm³/mol. The van der Waals surface area contributed by atoms with Crippen LogP contribution in [0.4, 0.5) is 0 Å². The third-order valence-corrected chi connectivity index (χ3v) is 1.39. The van der Waals surface area contributed by atoms with E-state index in [1.165, 1.54) is 0 Å². The SMILES string of the molecule is NCCN.NCCN=Cc1[c-]cccc1.[Pd]. The van der Waals surface area contributed by atoms with E-state index in [9.17, 15) is 0 Å². The van der Waals surface area contributed by atoms with Crippen LogP contribution in [-0.2, 0) is 20.4 Å². The van der Waals surface area contributed by atoms with Crippen molar-refractivity contribution in [2.75, 3.05) is 26.2 Å². The van der Waals surface area contributed by atoms with Gasteiger partial charge in [-0.2, -0.15) is 0 Å². The zero-order valence-electron chi connectivity index (χ0n) is 9.21. The zero-order chi connectivity index (χ0) is 11.4. The molecule has 16 heavy (non-hydrogen) atoms. The quantitative estimate of drug-likeness (QED) is 0.407.